The predicted octanol–water partition coefficient (Wildman–Crippen LogP) is 6.31. The number of nitrogens with zero attached hydrogens (tertiary/aromatic N) is 2. The molecule has 2 fully saturated rings. The van der Waals surface area contributed by atoms with Gasteiger partial charge in [0.25, 0.3) is 5.91 Å². The van der Waals surface area contributed by atoms with Crippen molar-refractivity contribution in [1.29, 1.82) is 0 Å². The van der Waals surface area contributed by atoms with E-state index in [9.17, 15) is 14.7 Å². The number of halogens is 2. The Kier molecular flexibility index (Phi) is 9.35. The second-order valence-electron chi connectivity index (χ2n) is 11.5. The van der Waals surface area contributed by atoms with Crippen molar-refractivity contribution in [3.05, 3.63) is 87.4 Å². The van der Waals surface area contributed by atoms with E-state index in [-0.39, 0.29) is 11.9 Å². The lowest BCUT2D eigenvalue weighted by Gasteiger charge is -2.52. The van der Waals surface area contributed by atoms with Crippen LogP contribution in [-0.2, 0) is 15.6 Å². The van der Waals surface area contributed by atoms with E-state index in [4.69, 9.17) is 37.4 Å². The molecular weight excluding hydrogens is 603 g/mol. The maximum atomic E-state index is 14.1. The Morgan fingerprint density at radius 3 is 2.14 bits per heavy atom. The van der Waals surface area contributed by atoms with Crippen molar-refractivity contribution in [2.75, 3.05) is 47.5 Å². The summed E-state index contributed by atoms with van der Waals surface area (Å²) in [5, 5.41) is 11.6. The van der Waals surface area contributed by atoms with E-state index in [1.54, 1.807) is 18.2 Å². The van der Waals surface area contributed by atoms with Crippen LogP contribution in [0.15, 0.2) is 60.7 Å². The number of carboxylic acid groups (broad SMARTS) is 1. The number of ether oxygens (including phenoxy) is 3. The fourth-order valence-electron chi connectivity index (χ4n) is 7.21. The van der Waals surface area contributed by atoms with Crippen molar-refractivity contribution in [2.24, 2.45) is 0 Å². The van der Waals surface area contributed by atoms with Gasteiger partial charge in [0.2, 0.25) is 5.75 Å². The molecule has 44 heavy (non-hydrogen) atoms. The Morgan fingerprint density at radius 2 is 1.57 bits per heavy atom. The number of aliphatic carboxylic acids is 1. The van der Waals surface area contributed by atoms with Gasteiger partial charge in [0.1, 0.15) is 0 Å². The SMILES string of the molecule is CCN1CCC(C(=O)O)(c2ccccc2)CC1C1(c2ccc(Cl)c(Cl)c2)CCN(C(=O)c2cc(OC)c(OC)c(OC)c2)C1. The van der Waals surface area contributed by atoms with Crippen molar-refractivity contribution in [3.8, 4) is 17.2 Å². The molecular formula is C34H38Cl2N2O6. The van der Waals surface area contributed by atoms with E-state index in [0.717, 1.165) is 17.7 Å². The van der Waals surface area contributed by atoms with Crippen LogP contribution >= 0.6 is 23.2 Å². The van der Waals surface area contributed by atoms with Gasteiger partial charge in [0.15, 0.2) is 11.5 Å². The Hall–Kier alpha value is -3.46. The standard InChI is InChI=1S/C34H38Cl2N2O6/c1-5-37-15-13-33(32(40)41,23-9-7-6-8-10-23)20-29(37)34(24-11-12-25(35)26(36)19-24)14-16-38(21-34)31(39)22-17-27(42-2)30(44-4)28(18-22)43-3/h6-12,17-19,29H,5,13-16,20-21H2,1-4H3,(H,40,41). The summed E-state index contributed by atoms with van der Waals surface area (Å²) in [4.78, 5) is 31.5. The molecule has 3 unspecified atom stereocenters. The monoisotopic (exact) mass is 640 g/mol. The third-order valence-electron chi connectivity index (χ3n) is 9.58. The normalized spacial score (nSPS) is 23.8. The van der Waals surface area contributed by atoms with Gasteiger partial charge in [-0.1, -0.05) is 66.5 Å². The third kappa shape index (κ3) is 5.48. The molecule has 1 amide bonds. The molecule has 3 aromatic rings. The maximum absolute atomic E-state index is 14.1. The highest BCUT2D eigenvalue weighted by Gasteiger charge is 2.56. The second-order valence-corrected chi connectivity index (χ2v) is 12.3. The average Bonchev–Trinajstić information content (AvgIpc) is 3.51. The first-order chi connectivity index (χ1) is 21.1. The van der Waals surface area contributed by atoms with Crippen molar-refractivity contribution in [1.82, 2.24) is 9.80 Å². The van der Waals surface area contributed by atoms with Crippen LogP contribution in [0.4, 0.5) is 0 Å². The number of likely N-dealkylation sites (tertiary alicyclic amines) is 2. The number of amides is 1. The molecule has 2 saturated heterocycles. The van der Waals surface area contributed by atoms with Gasteiger partial charge in [-0.3, -0.25) is 14.5 Å². The van der Waals surface area contributed by atoms with Gasteiger partial charge < -0.3 is 24.2 Å². The number of likely N-dealkylation sites (N-methyl/N-ethyl adjacent to an activating group) is 1. The number of carbonyl (C=O) groups excluding carboxylic acids is 1. The Balaban J connectivity index is 1.61. The van der Waals surface area contributed by atoms with Gasteiger partial charge in [-0.25, -0.2) is 0 Å². The zero-order chi connectivity index (χ0) is 31.6. The zero-order valence-electron chi connectivity index (χ0n) is 25.4. The number of hydrogen-bond acceptors (Lipinski definition) is 6. The zero-order valence-corrected chi connectivity index (χ0v) is 27.0. The topological polar surface area (TPSA) is 88.5 Å². The first kappa shape index (κ1) is 31.9. The summed E-state index contributed by atoms with van der Waals surface area (Å²) >= 11 is 13.0. The molecule has 0 saturated carbocycles. The average molecular weight is 642 g/mol. The molecule has 1 N–H and O–H groups in total. The lowest BCUT2D eigenvalue weighted by atomic mass is 9.62. The molecule has 0 bridgehead atoms. The van der Waals surface area contributed by atoms with Gasteiger partial charge >= 0.3 is 5.97 Å². The van der Waals surface area contributed by atoms with E-state index in [2.05, 4.69) is 11.8 Å². The van der Waals surface area contributed by atoms with Crippen LogP contribution in [0.3, 0.4) is 0 Å². The Labute approximate surface area is 268 Å². The molecule has 2 aliphatic rings. The molecule has 3 atom stereocenters. The molecule has 5 rings (SSSR count). The minimum absolute atomic E-state index is 0.183. The number of rotatable bonds is 9. The quantitative estimate of drug-likeness (QED) is 0.293. The number of methoxy groups -OCH3 is 3. The lowest BCUT2D eigenvalue weighted by Crippen LogP contribution is -2.60. The number of piperidine rings is 1. The first-order valence-electron chi connectivity index (χ1n) is 14.7. The van der Waals surface area contributed by atoms with Gasteiger partial charge in [-0.2, -0.15) is 0 Å². The van der Waals surface area contributed by atoms with E-state index < -0.39 is 16.8 Å². The summed E-state index contributed by atoms with van der Waals surface area (Å²) < 4.78 is 16.5. The van der Waals surface area contributed by atoms with Crippen molar-refractivity contribution >= 4 is 35.1 Å². The Morgan fingerprint density at radius 1 is 0.886 bits per heavy atom. The summed E-state index contributed by atoms with van der Waals surface area (Å²) in [6.07, 6.45) is 1.49. The van der Waals surface area contributed by atoms with E-state index in [1.165, 1.54) is 21.3 Å². The highest BCUT2D eigenvalue weighted by atomic mass is 35.5. The predicted molar refractivity (Wildman–Crippen MR) is 171 cm³/mol. The van der Waals surface area contributed by atoms with E-state index in [0.29, 0.717) is 71.8 Å². The summed E-state index contributed by atoms with van der Waals surface area (Å²) in [7, 11) is 4.55. The van der Waals surface area contributed by atoms with E-state index >= 15 is 0 Å². The molecule has 0 aromatic heterocycles. The largest absolute Gasteiger partial charge is 0.493 e. The van der Waals surface area contributed by atoms with Gasteiger partial charge in [0, 0.05) is 30.1 Å². The summed E-state index contributed by atoms with van der Waals surface area (Å²) in [5.74, 6) is 0.173. The summed E-state index contributed by atoms with van der Waals surface area (Å²) in [6, 6.07) is 18.3. The number of carbonyl (C=O) groups is 2. The van der Waals surface area contributed by atoms with Crippen molar-refractivity contribution in [3.63, 3.8) is 0 Å². The van der Waals surface area contributed by atoms with Gasteiger partial charge in [-0.15, -0.1) is 0 Å². The molecule has 0 radical (unpaired) electrons. The first-order valence-corrected chi connectivity index (χ1v) is 15.5. The van der Waals surface area contributed by atoms with Crippen LogP contribution in [0.1, 0.15) is 47.7 Å². The smallest absolute Gasteiger partial charge is 0.314 e. The lowest BCUT2D eigenvalue weighted by molar-refractivity contribution is -0.147. The fraction of sp³-hybridized carbons (Fsp3) is 0.412. The van der Waals surface area contributed by atoms with Gasteiger partial charge in [0.05, 0.1) is 36.8 Å². The molecule has 10 heteroatoms. The van der Waals surface area contributed by atoms with E-state index in [1.807, 2.05) is 47.4 Å². The van der Waals surface area contributed by atoms with Crippen LogP contribution in [-0.4, -0.2) is 80.3 Å². The third-order valence-corrected chi connectivity index (χ3v) is 10.3. The second kappa shape index (κ2) is 12.9. The van der Waals surface area contributed by atoms with Crippen molar-refractivity contribution < 1.29 is 28.9 Å². The minimum atomic E-state index is -1.07. The number of hydrogen-bond donors (Lipinski definition) is 1. The minimum Gasteiger partial charge on any atom is -0.493 e. The molecule has 2 aliphatic heterocycles. The van der Waals surface area contributed by atoms with Crippen LogP contribution in [0.5, 0.6) is 17.2 Å². The highest BCUT2D eigenvalue weighted by Crippen LogP contribution is 2.50. The summed E-state index contributed by atoms with van der Waals surface area (Å²) in [5.41, 5.74) is 0.445. The van der Waals surface area contributed by atoms with Crippen molar-refractivity contribution in [2.45, 2.75) is 43.1 Å². The number of benzene rings is 3. The van der Waals surface area contributed by atoms with Crippen LogP contribution < -0.4 is 14.2 Å². The van der Waals surface area contributed by atoms with Crippen LogP contribution in [0.25, 0.3) is 0 Å². The Bertz CT molecular complexity index is 1510. The molecule has 0 aliphatic carbocycles. The summed E-state index contributed by atoms with van der Waals surface area (Å²) in [6.45, 7) is 4.27. The maximum Gasteiger partial charge on any atom is 0.314 e. The van der Waals surface area contributed by atoms with Crippen LogP contribution in [0, 0.1) is 0 Å². The molecule has 8 nitrogen and oxygen atoms in total. The van der Waals surface area contributed by atoms with Gasteiger partial charge in [-0.05, 0) is 67.7 Å². The number of carboxylic acids is 1. The fourth-order valence-corrected chi connectivity index (χ4v) is 7.51. The molecule has 234 valence electrons. The molecule has 3 aromatic carbocycles. The molecule has 2 heterocycles. The highest BCUT2D eigenvalue weighted by molar-refractivity contribution is 6.42. The molecule has 0 spiro atoms. The van der Waals surface area contributed by atoms with Crippen LogP contribution in [0.2, 0.25) is 10.0 Å².